The van der Waals surface area contributed by atoms with E-state index in [4.69, 9.17) is 0 Å². The van der Waals surface area contributed by atoms with E-state index in [0.717, 1.165) is 31.6 Å². The Bertz CT molecular complexity index is 1150. The number of nitrogens with zero attached hydrogens (tertiary/aromatic N) is 4. The lowest BCUT2D eigenvalue weighted by Gasteiger charge is -2.35. The molecule has 0 N–H and O–H groups in total. The monoisotopic (exact) mass is 386 g/mol. The maximum absolute atomic E-state index is 13.3. The highest BCUT2D eigenvalue weighted by Crippen LogP contribution is 2.29. The van der Waals surface area contributed by atoms with Crippen molar-refractivity contribution >= 4 is 22.4 Å². The lowest BCUT2D eigenvalue weighted by atomic mass is 10.1. The number of Topliss-reactive ketones (excluding diaryl/α,β-unsaturated/α-hetero) is 1. The van der Waals surface area contributed by atoms with Gasteiger partial charge in [0.2, 0.25) is 0 Å². The number of hydrogen-bond donors (Lipinski definition) is 0. The minimum Gasteiger partial charge on any atom is -0.367 e. The summed E-state index contributed by atoms with van der Waals surface area (Å²) < 4.78 is 1.43. The van der Waals surface area contributed by atoms with Gasteiger partial charge >= 0.3 is 0 Å². The van der Waals surface area contributed by atoms with Crippen molar-refractivity contribution in [2.24, 2.45) is 0 Å². The predicted octanol–water partition coefficient (Wildman–Crippen LogP) is 2.51. The molecule has 6 nitrogen and oxygen atoms in total. The molecule has 1 aliphatic rings. The maximum Gasteiger partial charge on any atom is 0.271 e. The quantitative estimate of drug-likeness (QED) is 0.645. The number of pyridine rings is 1. The number of benzene rings is 2. The molecule has 29 heavy (non-hydrogen) atoms. The predicted molar refractivity (Wildman–Crippen MR) is 113 cm³/mol. The van der Waals surface area contributed by atoms with Crippen LogP contribution in [0.5, 0.6) is 0 Å². The van der Waals surface area contributed by atoms with Crippen LogP contribution in [0.15, 0.2) is 59.4 Å². The summed E-state index contributed by atoms with van der Waals surface area (Å²) in [5.41, 5.74) is 1.60. The third-order valence-electron chi connectivity index (χ3n) is 5.47. The van der Waals surface area contributed by atoms with E-state index in [1.165, 1.54) is 4.57 Å². The number of rotatable bonds is 4. The van der Waals surface area contributed by atoms with Crippen LogP contribution in [-0.2, 0) is 6.54 Å². The zero-order chi connectivity index (χ0) is 20.4. The van der Waals surface area contributed by atoms with Crippen molar-refractivity contribution in [3.05, 3.63) is 76.1 Å². The van der Waals surface area contributed by atoms with E-state index in [2.05, 4.69) is 22.9 Å². The molecule has 2 heterocycles. The molecule has 0 bridgehead atoms. The molecular weight excluding hydrogens is 364 g/mol. The third kappa shape index (κ3) is 3.53. The Hall–Kier alpha value is -3.43. The van der Waals surface area contributed by atoms with Crippen molar-refractivity contribution < 1.29 is 4.79 Å². The minimum atomic E-state index is -0.413. The van der Waals surface area contributed by atoms with Gasteiger partial charge in [0.25, 0.3) is 5.56 Å². The number of para-hydroxylation sites is 1. The van der Waals surface area contributed by atoms with Gasteiger partial charge in [-0.05, 0) is 13.1 Å². The molecule has 0 amide bonds. The summed E-state index contributed by atoms with van der Waals surface area (Å²) in [6.07, 6.45) is 0. The summed E-state index contributed by atoms with van der Waals surface area (Å²) in [6.45, 7) is 3.15. The van der Waals surface area contributed by atoms with E-state index in [9.17, 15) is 14.9 Å². The first-order chi connectivity index (χ1) is 14.1. The zero-order valence-corrected chi connectivity index (χ0v) is 16.3. The van der Waals surface area contributed by atoms with Gasteiger partial charge in [-0.1, -0.05) is 48.5 Å². The molecule has 4 rings (SSSR count). The van der Waals surface area contributed by atoms with Gasteiger partial charge in [-0.3, -0.25) is 14.2 Å². The van der Waals surface area contributed by atoms with E-state index in [1.807, 2.05) is 30.3 Å². The number of anilines is 1. The van der Waals surface area contributed by atoms with Gasteiger partial charge in [-0.25, -0.2) is 0 Å². The SMILES string of the molecule is CN1CCN(c2c(C#N)c(=O)n(CC(=O)c3ccccc3)c3ccccc23)CC1. The van der Waals surface area contributed by atoms with Gasteiger partial charge in [0.1, 0.15) is 11.6 Å². The molecule has 2 aromatic carbocycles. The molecule has 0 atom stereocenters. The molecular formula is C23H22N4O2. The van der Waals surface area contributed by atoms with Gasteiger partial charge in [0, 0.05) is 37.1 Å². The van der Waals surface area contributed by atoms with Gasteiger partial charge in [-0.15, -0.1) is 0 Å². The van der Waals surface area contributed by atoms with E-state index >= 15 is 0 Å². The number of piperazine rings is 1. The first-order valence-corrected chi connectivity index (χ1v) is 9.67. The third-order valence-corrected chi connectivity index (χ3v) is 5.47. The Balaban J connectivity index is 1.86. The summed E-state index contributed by atoms with van der Waals surface area (Å²) in [5, 5.41) is 10.7. The average molecular weight is 386 g/mol. The molecule has 146 valence electrons. The first-order valence-electron chi connectivity index (χ1n) is 9.67. The fourth-order valence-electron chi connectivity index (χ4n) is 3.86. The van der Waals surface area contributed by atoms with E-state index < -0.39 is 5.56 Å². The summed E-state index contributed by atoms with van der Waals surface area (Å²) in [6, 6.07) is 18.5. The summed E-state index contributed by atoms with van der Waals surface area (Å²) in [5.74, 6) is -0.158. The molecule has 0 saturated carbocycles. The molecule has 0 spiro atoms. The Labute approximate surface area is 169 Å². The van der Waals surface area contributed by atoms with Gasteiger partial charge < -0.3 is 9.80 Å². The highest BCUT2D eigenvalue weighted by molar-refractivity contribution is 5.99. The Kier molecular flexibility index (Phi) is 5.15. The molecule has 1 fully saturated rings. The van der Waals surface area contributed by atoms with Crippen LogP contribution in [0.2, 0.25) is 0 Å². The Morgan fingerprint density at radius 3 is 2.34 bits per heavy atom. The fraction of sp³-hybridized carbons (Fsp3) is 0.261. The highest BCUT2D eigenvalue weighted by Gasteiger charge is 2.24. The van der Waals surface area contributed by atoms with Crippen molar-refractivity contribution in [3.8, 4) is 6.07 Å². The fourth-order valence-corrected chi connectivity index (χ4v) is 3.86. The number of fused-ring (bicyclic) bond motifs is 1. The Morgan fingerprint density at radius 1 is 1.00 bits per heavy atom. The number of ketones is 1. The van der Waals surface area contributed by atoms with Crippen LogP contribution >= 0.6 is 0 Å². The second-order valence-corrected chi connectivity index (χ2v) is 7.32. The van der Waals surface area contributed by atoms with Crippen LogP contribution in [0, 0.1) is 11.3 Å². The molecule has 1 aliphatic heterocycles. The van der Waals surface area contributed by atoms with Crippen molar-refractivity contribution in [1.82, 2.24) is 9.47 Å². The molecule has 3 aromatic rings. The van der Waals surface area contributed by atoms with Crippen molar-refractivity contribution in [2.45, 2.75) is 6.54 Å². The van der Waals surface area contributed by atoms with Crippen LogP contribution in [0.1, 0.15) is 15.9 Å². The standard InChI is InChI=1S/C23H22N4O2/c1-25-11-13-26(14-12-25)22-18-9-5-6-10-20(18)27(23(29)19(22)15-24)16-21(28)17-7-3-2-4-8-17/h2-10H,11-14,16H2,1H3. The number of likely N-dealkylation sites (N-methyl/N-ethyl adjacent to an activating group) is 1. The van der Waals surface area contributed by atoms with E-state index in [1.54, 1.807) is 24.3 Å². The zero-order valence-electron chi connectivity index (χ0n) is 16.3. The lowest BCUT2D eigenvalue weighted by molar-refractivity contribution is 0.0972. The average Bonchev–Trinajstić information content (AvgIpc) is 2.76. The summed E-state index contributed by atoms with van der Waals surface area (Å²) in [4.78, 5) is 30.4. The number of carbonyl (C=O) groups excluding carboxylic acids is 1. The van der Waals surface area contributed by atoms with Crippen LogP contribution in [0.3, 0.4) is 0 Å². The smallest absolute Gasteiger partial charge is 0.271 e. The van der Waals surface area contributed by atoms with Crippen molar-refractivity contribution in [2.75, 3.05) is 38.1 Å². The van der Waals surface area contributed by atoms with Gasteiger partial charge in [0.05, 0.1) is 17.7 Å². The van der Waals surface area contributed by atoms with Crippen LogP contribution in [0.25, 0.3) is 10.9 Å². The van der Waals surface area contributed by atoms with E-state index in [-0.39, 0.29) is 17.9 Å². The summed E-state index contributed by atoms with van der Waals surface area (Å²) in [7, 11) is 2.06. The number of hydrogen-bond acceptors (Lipinski definition) is 5. The molecule has 0 unspecified atom stereocenters. The van der Waals surface area contributed by atoms with Gasteiger partial charge in [-0.2, -0.15) is 5.26 Å². The van der Waals surface area contributed by atoms with Crippen LogP contribution in [-0.4, -0.2) is 48.5 Å². The topological polar surface area (TPSA) is 69.3 Å². The number of aromatic nitrogens is 1. The molecule has 0 radical (unpaired) electrons. The molecule has 6 heteroatoms. The summed E-state index contributed by atoms with van der Waals surface area (Å²) >= 11 is 0. The second-order valence-electron chi connectivity index (χ2n) is 7.32. The largest absolute Gasteiger partial charge is 0.367 e. The molecule has 1 aromatic heterocycles. The second kappa shape index (κ2) is 7.90. The van der Waals surface area contributed by atoms with Crippen LogP contribution < -0.4 is 10.5 Å². The molecule has 0 aliphatic carbocycles. The van der Waals surface area contributed by atoms with Crippen LogP contribution in [0.4, 0.5) is 5.69 Å². The number of carbonyl (C=O) groups is 1. The van der Waals surface area contributed by atoms with E-state index in [0.29, 0.717) is 16.8 Å². The molecule has 1 saturated heterocycles. The minimum absolute atomic E-state index is 0.0962. The maximum atomic E-state index is 13.3. The highest BCUT2D eigenvalue weighted by atomic mass is 16.1. The number of nitriles is 1. The normalized spacial score (nSPS) is 14.7. The lowest BCUT2D eigenvalue weighted by Crippen LogP contribution is -2.45. The van der Waals surface area contributed by atoms with Crippen molar-refractivity contribution in [1.29, 1.82) is 5.26 Å². The van der Waals surface area contributed by atoms with Gasteiger partial charge in [0.15, 0.2) is 5.78 Å². The first kappa shape index (κ1) is 18.9. The Morgan fingerprint density at radius 2 is 1.66 bits per heavy atom. The van der Waals surface area contributed by atoms with Crippen molar-refractivity contribution in [3.63, 3.8) is 0 Å².